The molecular weight excluding hydrogens is 306 g/mol. The van der Waals surface area contributed by atoms with E-state index in [0.717, 1.165) is 30.9 Å². The highest BCUT2D eigenvalue weighted by atomic mass is 35.5. The van der Waals surface area contributed by atoms with Crippen molar-refractivity contribution < 1.29 is 9.47 Å². The van der Waals surface area contributed by atoms with Gasteiger partial charge in [0.1, 0.15) is 0 Å². The first-order valence-corrected chi connectivity index (χ1v) is 7.75. The third-order valence-electron chi connectivity index (χ3n) is 3.83. The van der Waals surface area contributed by atoms with Crippen LogP contribution in [0.2, 0.25) is 0 Å². The van der Waals surface area contributed by atoms with E-state index in [1.54, 1.807) is 25.6 Å². The number of ether oxygens (including phenoxy) is 2. The predicted octanol–water partition coefficient (Wildman–Crippen LogP) is 3.62. The van der Waals surface area contributed by atoms with Gasteiger partial charge < -0.3 is 14.8 Å². The lowest BCUT2D eigenvalue weighted by Crippen LogP contribution is -2.31. The van der Waals surface area contributed by atoms with Crippen LogP contribution in [0.25, 0.3) is 0 Å². The lowest BCUT2D eigenvalue weighted by atomic mass is 9.90. The molecular formula is C16H20ClNO2S. The summed E-state index contributed by atoms with van der Waals surface area (Å²) in [5, 5.41) is 7.96. The van der Waals surface area contributed by atoms with Gasteiger partial charge in [0.05, 0.1) is 14.2 Å². The second-order valence-electron chi connectivity index (χ2n) is 5.00. The Morgan fingerprint density at radius 3 is 2.67 bits per heavy atom. The molecule has 0 radical (unpaired) electrons. The molecule has 0 bridgehead atoms. The van der Waals surface area contributed by atoms with Crippen molar-refractivity contribution in [1.29, 1.82) is 0 Å². The van der Waals surface area contributed by atoms with E-state index in [1.807, 2.05) is 0 Å². The molecule has 2 heterocycles. The number of nitrogens with one attached hydrogen (secondary N) is 1. The molecule has 21 heavy (non-hydrogen) atoms. The zero-order valence-electron chi connectivity index (χ0n) is 12.2. The SMILES string of the molecule is COc1cc2c(cc1OC)C(Cc1ccsc1)NCC2.Cl. The van der Waals surface area contributed by atoms with Crippen LogP contribution in [0.1, 0.15) is 22.7 Å². The van der Waals surface area contributed by atoms with Crippen molar-refractivity contribution in [3.05, 3.63) is 45.6 Å². The minimum atomic E-state index is 0. The molecule has 0 aliphatic carbocycles. The molecule has 0 saturated carbocycles. The predicted molar refractivity (Wildman–Crippen MR) is 89.3 cm³/mol. The maximum Gasteiger partial charge on any atom is 0.161 e. The molecule has 1 aromatic heterocycles. The van der Waals surface area contributed by atoms with E-state index >= 15 is 0 Å². The van der Waals surface area contributed by atoms with Crippen LogP contribution in [0.5, 0.6) is 11.5 Å². The van der Waals surface area contributed by atoms with Crippen molar-refractivity contribution in [1.82, 2.24) is 5.32 Å². The van der Waals surface area contributed by atoms with Gasteiger partial charge in [-0.25, -0.2) is 0 Å². The average molecular weight is 326 g/mol. The molecule has 1 unspecified atom stereocenters. The summed E-state index contributed by atoms with van der Waals surface area (Å²) in [6, 6.07) is 6.79. The minimum absolute atomic E-state index is 0. The first-order valence-electron chi connectivity index (χ1n) is 6.81. The molecule has 3 nitrogen and oxygen atoms in total. The van der Waals surface area contributed by atoms with E-state index in [-0.39, 0.29) is 12.4 Å². The van der Waals surface area contributed by atoms with E-state index in [4.69, 9.17) is 9.47 Å². The van der Waals surface area contributed by atoms with Crippen LogP contribution in [-0.4, -0.2) is 20.8 Å². The van der Waals surface area contributed by atoms with E-state index in [0.29, 0.717) is 6.04 Å². The largest absolute Gasteiger partial charge is 0.493 e. The zero-order valence-corrected chi connectivity index (χ0v) is 13.9. The van der Waals surface area contributed by atoms with E-state index in [1.165, 1.54) is 16.7 Å². The van der Waals surface area contributed by atoms with Crippen LogP contribution in [0.3, 0.4) is 0 Å². The van der Waals surface area contributed by atoms with Crippen LogP contribution in [-0.2, 0) is 12.8 Å². The van der Waals surface area contributed by atoms with Crippen molar-refractivity contribution in [2.45, 2.75) is 18.9 Å². The number of benzene rings is 1. The third kappa shape index (κ3) is 3.34. The van der Waals surface area contributed by atoms with E-state index in [9.17, 15) is 0 Å². The third-order valence-corrected chi connectivity index (χ3v) is 4.56. The highest BCUT2D eigenvalue weighted by Gasteiger charge is 2.22. The number of hydrogen-bond acceptors (Lipinski definition) is 4. The summed E-state index contributed by atoms with van der Waals surface area (Å²) < 4.78 is 10.8. The molecule has 1 atom stereocenters. The quantitative estimate of drug-likeness (QED) is 0.931. The first-order chi connectivity index (χ1) is 9.81. The number of halogens is 1. The molecule has 0 spiro atoms. The normalized spacial score (nSPS) is 16.8. The number of fused-ring (bicyclic) bond motifs is 1. The van der Waals surface area contributed by atoms with Crippen LogP contribution >= 0.6 is 23.7 Å². The molecule has 1 aromatic carbocycles. The van der Waals surface area contributed by atoms with Crippen LogP contribution in [0.4, 0.5) is 0 Å². The van der Waals surface area contributed by atoms with Crippen molar-refractivity contribution in [2.75, 3.05) is 20.8 Å². The Hall–Kier alpha value is -1.23. The van der Waals surface area contributed by atoms with Crippen molar-refractivity contribution in [2.24, 2.45) is 0 Å². The summed E-state index contributed by atoms with van der Waals surface area (Å²) in [6.07, 6.45) is 2.06. The molecule has 114 valence electrons. The fraction of sp³-hybridized carbons (Fsp3) is 0.375. The first kappa shape index (κ1) is 16.1. The molecule has 0 saturated heterocycles. The topological polar surface area (TPSA) is 30.5 Å². The fourth-order valence-corrected chi connectivity index (χ4v) is 3.48. The molecule has 3 rings (SSSR count). The molecule has 1 aliphatic rings. The molecule has 1 aliphatic heterocycles. The Morgan fingerprint density at radius 1 is 1.24 bits per heavy atom. The molecule has 1 N–H and O–H groups in total. The zero-order chi connectivity index (χ0) is 13.9. The van der Waals surface area contributed by atoms with E-state index in [2.05, 4.69) is 34.3 Å². The second-order valence-corrected chi connectivity index (χ2v) is 5.78. The highest BCUT2D eigenvalue weighted by molar-refractivity contribution is 7.07. The Bertz CT molecular complexity index is 586. The number of thiophene rings is 1. The summed E-state index contributed by atoms with van der Waals surface area (Å²) in [6.45, 7) is 1.01. The Kier molecular flexibility index (Phi) is 5.51. The standard InChI is InChI=1S/C16H19NO2S.ClH/c1-18-15-8-12-3-5-17-14(7-11-4-6-20-10-11)13(12)9-16(15)19-2;/h4,6,8-10,14,17H,3,5,7H2,1-2H3;1H. The molecule has 5 heteroatoms. The fourth-order valence-electron chi connectivity index (χ4n) is 2.80. The number of hydrogen-bond donors (Lipinski definition) is 1. The van der Waals surface area contributed by atoms with Crippen LogP contribution in [0, 0.1) is 0 Å². The maximum atomic E-state index is 5.44. The van der Waals surface area contributed by atoms with Gasteiger partial charge in [0.2, 0.25) is 0 Å². The average Bonchev–Trinajstić information content (AvgIpc) is 2.99. The number of rotatable bonds is 4. The van der Waals surface area contributed by atoms with Crippen LogP contribution in [0.15, 0.2) is 29.0 Å². The van der Waals surface area contributed by atoms with Gasteiger partial charge in [0.25, 0.3) is 0 Å². The maximum absolute atomic E-state index is 5.44. The van der Waals surface area contributed by atoms with Gasteiger partial charge in [0.15, 0.2) is 11.5 Å². The molecule has 2 aromatic rings. The van der Waals surface area contributed by atoms with Gasteiger partial charge in [-0.2, -0.15) is 11.3 Å². The Labute approximate surface area is 135 Å². The van der Waals surface area contributed by atoms with Gasteiger partial charge in [-0.1, -0.05) is 0 Å². The Balaban J connectivity index is 0.00000161. The van der Waals surface area contributed by atoms with E-state index < -0.39 is 0 Å². The number of methoxy groups -OCH3 is 2. The van der Waals surface area contributed by atoms with Gasteiger partial charge in [-0.3, -0.25) is 0 Å². The highest BCUT2D eigenvalue weighted by Crippen LogP contribution is 2.36. The minimum Gasteiger partial charge on any atom is -0.493 e. The Morgan fingerprint density at radius 2 is 2.00 bits per heavy atom. The van der Waals surface area contributed by atoms with Gasteiger partial charge in [0, 0.05) is 6.04 Å². The van der Waals surface area contributed by atoms with Crippen molar-refractivity contribution in [3.63, 3.8) is 0 Å². The van der Waals surface area contributed by atoms with Crippen molar-refractivity contribution >= 4 is 23.7 Å². The summed E-state index contributed by atoms with van der Waals surface area (Å²) >= 11 is 1.75. The lowest BCUT2D eigenvalue weighted by molar-refractivity contribution is 0.352. The molecule has 0 amide bonds. The smallest absolute Gasteiger partial charge is 0.161 e. The summed E-state index contributed by atoms with van der Waals surface area (Å²) in [4.78, 5) is 0. The molecule has 0 fully saturated rings. The van der Waals surface area contributed by atoms with Gasteiger partial charge in [-0.15, -0.1) is 12.4 Å². The van der Waals surface area contributed by atoms with Crippen LogP contribution < -0.4 is 14.8 Å². The van der Waals surface area contributed by atoms with Gasteiger partial charge in [-0.05, 0) is 65.0 Å². The summed E-state index contributed by atoms with van der Waals surface area (Å²) in [7, 11) is 3.38. The van der Waals surface area contributed by atoms with Gasteiger partial charge >= 0.3 is 0 Å². The second kappa shape index (κ2) is 7.16. The van der Waals surface area contributed by atoms with Crippen molar-refractivity contribution in [3.8, 4) is 11.5 Å². The summed E-state index contributed by atoms with van der Waals surface area (Å²) in [5.74, 6) is 1.63. The monoisotopic (exact) mass is 325 g/mol. The summed E-state index contributed by atoms with van der Waals surface area (Å²) in [5.41, 5.74) is 4.08. The lowest BCUT2D eigenvalue weighted by Gasteiger charge is -2.28.